The van der Waals surface area contributed by atoms with Crippen LogP contribution < -0.4 is 4.90 Å². The minimum absolute atomic E-state index is 0.0157. The lowest BCUT2D eigenvalue weighted by Crippen LogP contribution is -2.49. The number of piperazine rings is 1. The molecular weight excluding hydrogens is 486 g/mol. The zero-order valence-corrected chi connectivity index (χ0v) is 20.1. The number of carbonyl (C=O) groups is 1. The maximum absolute atomic E-state index is 14.7. The summed E-state index contributed by atoms with van der Waals surface area (Å²) in [6, 6.07) is 8.50. The van der Waals surface area contributed by atoms with Crippen LogP contribution in [0.1, 0.15) is 16.1 Å². The van der Waals surface area contributed by atoms with Crippen LogP contribution in [0.5, 0.6) is 0 Å². The quantitative estimate of drug-likeness (QED) is 0.396. The van der Waals surface area contributed by atoms with Gasteiger partial charge in [0.2, 0.25) is 0 Å². The van der Waals surface area contributed by atoms with E-state index in [9.17, 15) is 13.6 Å². The fraction of sp³-hybridized carbons (Fsp3) is 0.192. The van der Waals surface area contributed by atoms with Crippen LogP contribution in [0.25, 0.3) is 22.5 Å². The molecule has 1 saturated heterocycles. The highest BCUT2D eigenvalue weighted by Crippen LogP contribution is 2.35. The zero-order valence-electron chi connectivity index (χ0n) is 19.3. The molecule has 5 rings (SSSR count). The standard InChI is InChI=1S/C26H21ClF2N6O/c1-16-3-2-7-31-23(16)26(36)35-11-9-34(10-12-35)22-15-32-24(19-13-17(28)4-5-21(19)29)25(33-22)18-6-8-30-14-20(18)27/h2-8,13-15H,9-12H2,1H3. The van der Waals surface area contributed by atoms with Crippen molar-refractivity contribution in [2.45, 2.75) is 6.92 Å². The van der Waals surface area contributed by atoms with E-state index in [4.69, 9.17) is 16.6 Å². The van der Waals surface area contributed by atoms with Crippen LogP contribution in [0.2, 0.25) is 5.02 Å². The lowest BCUT2D eigenvalue weighted by molar-refractivity contribution is 0.0740. The van der Waals surface area contributed by atoms with Gasteiger partial charge in [-0.1, -0.05) is 17.7 Å². The highest BCUT2D eigenvalue weighted by molar-refractivity contribution is 6.33. The Morgan fingerprint density at radius 2 is 1.75 bits per heavy atom. The molecule has 1 aromatic carbocycles. The summed E-state index contributed by atoms with van der Waals surface area (Å²) in [5, 5.41) is 0.308. The second-order valence-corrected chi connectivity index (χ2v) is 8.76. The molecule has 4 aromatic rings. The van der Waals surface area contributed by atoms with Crippen LogP contribution in [-0.2, 0) is 0 Å². The van der Waals surface area contributed by atoms with Gasteiger partial charge in [-0.3, -0.25) is 14.8 Å². The molecule has 0 saturated carbocycles. The van der Waals surface area contributed by atoms with Crippen molar-refractivity contribution in [3.63, 3.8) is 0 Å². The fourth-order valence-electron chi connectivity index (χ4n) is 4.16. The summed E-state index contributed by atoms with van der Waals surface area (Å²) in [5.41, 5.74) is 2.24. The molecule has 0 aliphatic carbocycles. The number of rotatable bonds is 4. The van der Waals surface area contributed by atoms with Crippen molar-refractivity contribution in [1.82, 2.24) is 24.8 Å². The molecular formula is C26H21ClF2N6O. The molecule has 7 nitrogen and oxygen atoms in total. The average Bonchev–Trinajstić information content (AvgIpc) is 2.90. The summed E-state index contributed by atoms with van der Waals surface area (Å²) >= 11 is 6.39. The van der Waals surface area contributed by atoms with Crippen molar-refractivity contribution in [3.05, 3.63) is 89.1 Å². The molecule has 182 valence electrons. The lowest BCUT2D eigenvalue weighted by Gasteiger charge is -2.35. The van der Waals surface area contributed by atoms with Crippen molar-refractivity contribution < 1.29 is 13.6 Å². The molecule has 10 heteroatoms. The van der Waals surface area contributed by atoms with Gasteiger partial charge in [0, 0.05) is 55.9 Å². The van der Waals surface area contributed by atoms with E-state index in [1.54, 1.807) is 29.4 Å². The van der Waals surface area contributed by atoms with Crippen molar-refractivity contribution in [3.8, 4) is 22.5 Å². The molecule has 3 aromatic heterocycles. The maximum Gasteiger partial charge on any atom is 0.272 e. The van der Waals surface area contributed by atoms with Crippen molar-refractivity contribution >= 4 is 23.3 Å². The van der Waals surface area contributed by atoms with E-state index in [1.807, 2.05) is 17.9 Å². The number of aromatic nitrogens is 4. The Morgan fingerprint density at radius 3 is 2.50 bits per heavy atom. The molecule has 0 bridgehead atoms. The first-order valence-corrected chi connectivity index (χ1v) is 11.7. The SMILES string of the molecule is Cc1cccnc1C(=O)N1CCN(c2cnc(-c3cc(F)ccc3F)c(-c3ccncc3Cl)n2)CC1. The Hall–Kier alpha value is -3.98. The van der Waals surface area contributed by atoms with Gasteiger partial charge in [0.1, 0.15) is 28.8 Å². The number of amides is 1. The van der Waals surface area contributed by atoms with Crippen molar-refractivity contribution in [1.29, 1.82) is 0 Å². The average molecular weight is 507 g/mol. The number of hydrogen-bond acceptors (Lipinski definition) is 6. The monoisotopic (exact) mass is 506 g/mol. The Bertz CT molecular complexity index is 1440. The molecule has 0 N–H and O–H groups in total. The summed E-state index contributed by atoms with van der Waals surface area (Å²) in [6.07, 6.45) is 6.14. The maximum atomic E-state index is 14.7. The molecule has 0 spiro atoms. The number of hydrogen-bond donors (Lipinski definition) is 0. The molecule has 1 fully saturated rings. The molecule has 0 radical (unpaired) electrons. The van der Waals surface area contributed by atoms with E-state index in [-0.39, 0.29) is 17.2 Å². The van der Waals surface area contributed by atoms with Gasteiger partial charge < -0.3 is 9.80 Å². The van der Waals surface area contributed by atoms with E-state index in [2.05, 4.69) is 15.0 Å². The van der Waals surface area contributed by atoms with Crippen LogP contribution in [0.3, 0.4) is 0 Å². The van der Waals surface area contributed by atoms with Gasteiger partial charge in [-0.25, -0.2) is 18.7 Å². The fourth-order valence-corrected chi connectivity index (χ4v) is 4.37. The Kier molecular flexibility index (Phi) is 6.56. The molecule has 4 heterocycles. The van der Waals surface area contributed by atoms with Gasteiger partial charge in [0.25, 0.3) is 5.91 Å². The third-order valence-corrected chi connectivity index (χ3v) is 6.37. The first-order chi connectivity index (χ1) is 17.4. The highest BCUT2D eigenvalue weighted by Gasteiger charge is 2.26. The number of pyridine rings is 2. The highest BCUT2D eigenvalue weighted by atomic mass is 35.5. The third-order valence-electron chi connectivity index (χ3n) is 6.07. The second-order valence-electron chi connectivity index (χ2n) is 8.35. The topological polar surface area (TPSA) is 75.1 Å². The van der Waals surface area contributed by atoms with Crippen LogP contribution in [0.15, 0.2) is 61.2 Å². The lowest BCUT2D eigenvalue weighted by atomic mass is 10.0. The van der Waals surface area contributed by atoms with E-state index in [0.29, 0.717) is 54.0 Å². The minimum Gasteiger partial charge on any atom is -0.352 e. The number of aryl methyl sites for hydroxylation is 1. The van der Waals surface area contributed by atoms with Crippen LogP contribution in [0, 0.1) is 18.6 Å². The first-order valence-electron chi connectivity index (χ1n) is 11.3. The molecule has 1 aliphatic heterocycles. The van der Waals surface area contributed by atoms with Crippen molar-refractivity contribution in [2.24, 2.45) is 0 Å². The van der Waals surface area contributed by atoms with Crippen LogP contribution in [0.4, 0.5) is 14.6 Å². The predicted molar refractivity (Wildman–Crippen MR) is 133 cm³/mol. The van der Waals surface area contributed by atoms with Gasteiger partial charge in [0.15, 0.2) is 0 Å². The van der Waals surface area contributed by atoms with Crippen molar-refractivity contribution in [2.75, 3.05) is 31.1 Å². The van der Waals surface area contributed by atoms with E-state index in [0.717, 1.165) is 23.8 Å². The third kappa shape index (κ3) is 4.61. The van der Waals surface area contributed by atoms with Crippen LogP contribution in [-0.4, -0.2) is 56.9 Å². The summed E-state index contributed by atoms with van der Waals surface area (Å²) in [7, 11) is 0. The van der Waals surface area contributed by atoms with Crippen LogP contribution >= 0.6 is 11.6 Å². The normalized spacial score (nSPS) is 13.7. The Morgan fingerprint density at radius 1 is 0.944 bits per heavy atom. The number of anilines is 1. The van der Waals surface area contributed by atoms with E-state index < -0.39 is 11.6 Å². The Labute approximate surface area is 211 Å². The molecule has 36 heavy (non-hydrogen) atoms. The molecule has 1 amide bonds. The number of halogens is 3. The van der Waals surface area contributed by atoms with Gasteiger partial charge >= 0.3 is 0 Å². The summed E-state index contributed by atoms with van der Waals surface area (Å²) in [6.45, 7) is 3.85. The summed E-state index contributed by atoms with van der Waals surface area (Å²) in [5.74, 6) is -0.783. The number of benzene rings is 1. The van der Waals surface area contributed by atoms with E-state index >= 15 is 0 Å². The van der Waals surface area contributed by atoms with Gasteiger partial charge in [-0.2, -0.15) is 0 Å². The second kappa shape index (κ2) is 9.94. The molecule has 0 atom stereocenters. The molecule has 1 aliphatic rings. The molecule has 0 unspecified atom stereocenters. The van der Waals surface area contributed by atoms with Gasteiger partial charge in [0.05, 0.1) is 16.9 Å². The smallest absolute Gasteiger partial charge is 0.272 e. The zero-order chi connectivity index (χ0) is 25.2. The Balaban J connectivity index is 1.46. The number of carbonyl (C=O) groups excluding carboxylic acids is 1. The number of nitrogens with zero attached hydrogens (tertiary/aromatic N) is 6. The first kappa shape index (κ1) is 23.7. The largest absolute Gasteiger partial charge is 0.352 e. The summed E-state index contributed by atoms with van der Waals surface area (Å²) in [4.78, 5) is 34.2. The van der Waals surface area contributed by atoms with Gasteiger partial charge in [-0.05, 0) is 42.8 Å². The minimum atomic E-state index is -0.623. The van der Waals surface area contributed by atoms with E-state index in [1.165, 1.54) is 12.4 Å². The van der Waals surface area contributed by atoms with Gasteiger partial charge in [-0.15, -0.1) is 0 Å². The predicted octanol–water partition coefficient (Wildman–Crippen LogP) is 4.80. The summed E-state index contributed by atoms with van der Waals surface area (Å²) < 4.78 is 28.6.